The summed E-state index contributed by atoms with van der Waals surface area (Å²) in [6.07, 6.45) is -0.836. The fraction of sp³-hybridized carbons (Fsp3) is 0.360. The Morgan fingerprint density at radius 3 is 2.75 bits per heavy atom. The minimum absolute atomic E-state index is 0.143. The number of alkyl halides is 3. The number of thiazole rings is 1. The monoisotopic (exact) mass is 519 g/mol. The van der Waals surface area contributed by atoms with Gasteiger partial charge in [-0.15, -0.1) is 0 Å². The number of hydrogen-bond donors (Lipinski definition) is 0. The van der Waals surface area contributed by atoms with Crippen molar-refractivity contribution in [3.63, 3.8) is 0 Å². The van der Waals surface area contributed by atoms with Crippen LogP contribution in [0.5, 0.6) is 11.5 Å². The normalized spacial score (nSPS) is 16.2. The summed E-state index contributed by atoms with van der Waals surface area (Å²) in [5.74, 6) is 0.873. The number of amides is 1. The number of hydrogen-bond acceptors (Lipinski definition) is 7. The Balaban J connectivity index is 1.39. The van der Waals surface area contributed by atoms with Gasteiger partial charge in [0.15, 0.2) is 16.6 Å². The van der Waals surface area contributed by atoms with Crippen molar-refractivity contribution >= 4 is 38.7 Å². The molecule has 190 valence electrons. The average Bonchev–Trinajstić information content (AvgIpc) is 3.51. The Morgan fingerprint density at radius 1 is 1.14 bits per heavy atom. The Labute approximate surface area is 209 Å². The van der Waals surface area contributed by atoms with Crippen molar-refractivity contribution < 1.29 is 32.2 Å². The van der Waals surface area contributed by atoms with Gasteiger partial charge in [0.1, 0.15) is 0 Å². The highest BCUT2D eigenvalue weighted by Crippen LogP contribution is 2.38. The summed E-state index contributed by atoms with van der Waals surface area (Å²) in [5, 5.41) is 0.240. The number of aromatic nitrogens is 1. The van der Waals surface area contributed by atoms with Crippen molar-refractivity contribution in [2.75, 3.05) is 51.1 Å². The van der Waals surface area contributed by atoms with Crippen LogP contribution in [0.2, 0.25) is 0 Å². The Bertz CT molecular complexity index is 1270. The number of benzene rings is 2. The Hall–Kier alpha value is -3.15. The lowest BCUT2D eigenvalue weighted by atomic mass is 10.2. The SMILES string of the molecule is O=C(/C=C/c1ccc2c(c1)OCO2)N(CCCN1CCOCC1)c1nc2c(C(F)(F)F)cccc2s1. The molecule has 1 fully saturated rings. The Kier molecular flexibility index (Phi) is 7.13. The number of para-hydroxylation sites is 1. The van der Waals surface area contributed by atoms with Gasteiger partial charge in [-0.1, -0.05) is 23.5 Å². The van der Waals surface area contributed by atoms with Crippen LogP contribution in [-0.2, 0) is 15.7 Å². The highest BCUT2D eigenvalue weighted by molar-refractivity contribution is 7.22. The van der Waals surface area contributed by atoms with Crippen LogP contribution >= 0.6 is 11.3 Å². The molecule has 0 unspecified atom stereocenters. The van der Waals surface area contributed by atoms with E-state index in [9.17, 15) is 18.0 Å². The predicted molar refractivity (Wildman–Crippen MR) is 130 cm³/mol. The van der Waals surface area contributed by atoms with E-state index in [4.69, 9.17) is 14.2 Å². The molecule has 0 saturated carbocycles. The number of morpholine rings is 1. The molecule has 0 radical (unpaired) electrons. The van der Waals surface area contributed by atoms with E-state index in [0.29, 0.717) is 42.4 Å². The summed E-state index contributed by atoms with van der Waals surface area (Å²) in [6, 6.07) is 9.28. The first-order valence-corrected chi connectivity index (χ1v) is 12.4. The van der Waals surface area contributed by atoms with Crippen molar-refractivity contribution in [2.24, 2.45) is 0 Å². The minimum Gasteiger partial charge on any atom is -0.454 e. The lowest BCUT2D eigenvalue weighted by Crippen LogP contribution is -2.39. The summed E-state index contributed by atoms with van der Waals surface area (Å²) in [4.78, 5) is 21.3. The minimum atomic E-state index is -4.53. The molecule has 0 bridgehead atoms. The fourth-order valence-electron chi connectivity index (χ4n) is 4.13. The van der Waals surface area contributed by atoms with Crippen molar-refractivity contribution in [1.82, 2.24) is 9.88 Å². The summed E-state index contributed by atoms with van der Waals surface area (Å²) >= 11 is 1.08. The van der Waals surface area contributed by atoms with Crippen LogP contribution in [0.4, 0.5) is 18.3 Å². The number of nitrogens with zero attached hydrogens (tertiary/aromatic N) is 3. The highest BCUT2D eigenvalue weighted by Gasteiger charge is 2.34. The number of halogens is 3. The second-order valence-corrected chi connectivity index (χ2v) is 9.40. The standard InChI is InChI=1S/C25H24F3N3O4S/c26-25(27,28)18-3-1-4-21-23(18)29-24(36-21)31(10-2-9-30-11-13-33-14-12-30)22(32)8-6-17-5-7-19-20(15-17)35-16-34-19/h1,3-8,15H,2,9-14,16H2/b8-6+. The maximum Gasteiger partial charge on any atom is 0.418 e. The van der Waals surface area contributed by atoms with E-state index >= 15 is 0 Å². The van der Waals surface area contributed by atoms with E-state index in [2.05, 4.69) is 9.88 Å². The molecule has 0 aliphatic carbocycles. The van der Waals surface area contributed by atoms with Gasteiger partial charge < -0.3 is 14.2 Å². The van der Waals surface area contributed by atoms with Crippen LogP contribution in [-0.4, -0.2) is 62.0 Å². The first-order valence-electron chi connectivity index (χ1n) is 11.5. The lowest BCUT2D eigenvalue weighted by molar-refractivity contribution is -0.136. The molecule has 1 saturated heterocycles. The van der Waals surface area contributed by atoms with E-state index in [1.54, 1.807) is 30.3 Å². The Morgan fingerprint density at radius 2 is 1.94 bits per heavy atom. The molecule has 0 N–H and O–H groups in total. The van der Waals surface area contributed by atoms with E-state index < -0.39 is 11.7 Å². The summed E-state index contributed by atoms with van der Waals surface area (Å²) in [6.45, 7) is 4.18. The predicted octanol–water partition coefficient (Wildman–Crippen LogP) is 4.81. The lowest BCUT2D eigenvalue weighted by Gasteiger charge is -2.27. The highest BCUT2D eigenvalue weighted by atomic mass is 32.1. The smallest absolute Gasteiger partial charge is 0.418 e. The fourth-order valence-corrected chi connectivity index (χ4v) is 5.16. The summed E-state index contributed by atoms with van der Waals surface area (Å²) in [5.41, 5.74) is -0.209. The van der Waals surface area contributed by atoms with Crippen LogP contribution in [0.15, 0.2) is 42.5 Å². The van der Waals surface area contributed by atoms with E-state index in [0.717, 1.165) is 42.6 Å². The zero-order chi connectivity index (χ0) is 25.1. The van der Waals surface area contributed by atoms with Gasteiger partial charge in [-0.3, -0.25) is 14.6 Å². The molecule has 36 heavy (non-hydrogen) atoms. The van der Waals surface area contributed by atoms with Gasteiger partial charge in [0.2, 0.25) is 6.79 Å². The summed E-state index contributed by atoms with van der Waals surface area (Å²) in [7, 11) is 0. The molecule has 0 atom stereocenters. The van der Waals surface area contributed by atoms with Gasteiger partial charge in [-0.25, -0.2) is 4.98 Å². The zero-order valence-corrected chi connectivity index (χ0v) is 20.1. The van der Waals surface area contributed by atoms with Crippen molar-refractivity contribution in [2.45, 2.75) is 12.6 Å². The van der Waals surface area contributed by atoms with Crippen molar-refractivity contribution in [3.05, 3.63) is 53.6 Å². The topological polar surface area (TPSA) is 64.1 Å². The van der Waals surface area contributed by atoms with Crippen LogP contribution in [0.1, 0.15) is 17.5 Å². The van der Waals surface area contributed by atoms with E-state index in [1.165, 1.54) is 17.0 Å². The third-order valence-corrected chi connectivity index (χ3v) is 7.03. The number of rotatable bonds is 7. The maximum absolute atomic E-state index is 13.5. The van der Waals surface area contributed by atoms with Crippen molar-refractivity contribution in [3.8, 4) is 11.5 Å². The van der Waals surface area contributed by atoms with Gasteiger partial charge in [-0.05, 0) is 42.3 Å². The number of ether oxygens (including phenoxy) is 3. The third kappa shape index (κ3) is 5.48. The molecule has 2 aliphatic rings. The van der Waals surface area contributed by atoms with E-state index in [1.807, 2.05) is 0 Å². The van der Waals surface area contributed by atoms with Gasteiger partial charge in [0.05, 0.1) is 29.0 Å². The van der Waals surface area contributed by atoms with Crippen LogP contribution in [0.25, 0.3) is 16.3 Å². The number of carbonyl (C=O) groups excluding carboxylic acids is 1. The van der Waals surface area contributed by atoms with Gasteiger partial charge in [0, 0.05) is 32.3 Å². The molecular formula is C25H24F3N3O4S. The van der Waals surface area contributed by atoms with E-state index in [-0.39, 0.29) is 23.3 Å². The van der Waals surface area contributed by atoms with Gasteiger partial charge in [0.25, 0.3) is 5.91 Å². The maximum atomic E-state index is 13.5. The van der Waals surface area contributed by atoms with Crippen LogP contribution in [0.3, 0.4) is 0 Å². The molecule has 3 aromatic rings. The molecule has 1 amide bonds. The molecule has 3 heterocycles. The van der Waals surface area contributed by atoms with Gasteiger partial charge in [-0.2, -0.15) is 13.2 Å². The molecule has 2 aromatic carbocycles. The zero-order valence-electron chi connectivity index (χ0n) is 19.3. The average molecular weight is 520 g/mol. The first-order chi connectivity index (χ1) is 17.4. The van der Waals surface area contributed by atoms with Gasteiger partial charge >= 0.3 is 6.18 Å². The number of carbonyl (C=O) groups is 1. The molecular weight excluding hydrogens is 495 g/mol. The molecule has 5 rings (SSSR count). The second kappa shape index (κ2) is 10.5. The number of anilines is 1. The van der Waals surface area contributed by atoms with Crippen molar-refractivity contribution in [1.29, 1.82) is 0 Å². The second-order valence-electron chi connectivity index (χ2n) is 8.39. The summed E-state index contributed by atoms with van der Waals surface area (Å²) < 4.78 is 57.1. The molecule has 11 heteroatoms. The largest absolute Gasteiger partial charge is 0.454 e. The number of fused-ring (bicyclic) bond motifs is 2. The first kappa shape index (κ1) is 24.5. The van der Waals surface area contributed by atoms with Crippen LogP contribution < -0.4 is 14.4 Å². The molecule has 0 spiro atoms. The third-order valence-electron chi connectivity index (χ3n) is 5.98. The van der Waals surface area contributed by atoms with Crippen LogP contribution in [0, 0.1) is 0 Å². The molecule has 2 aliphatic heterocycles. The quantitative estimate of drug-likeness (QED) is 0.418. The molecule has 1 aromatic heterocycles. The molecule has 7 nitrogen and oxygen atoms in total.